The van der Waals surface area contributed by atoms with E-state index in [1.54, 1.807) is 30.3 Å². The van der Waals surface area contributed by atoms with Crippen molar-refractivity contribution >= 4 is 34.9 Å². The van der Waals surface area contributed by atoms with Crippen molar-refractivity contribution in [2.45, 2.75) is 19.9 Å². The van der Waals surface area contributed by atoms with Crippen LogP contribution in [0.2, 0.25) is 0 Å². The predicted octanol–water partition coefficient (Wildman–Crippen LogP) is 5.24. The summed E-state index contributed by atoms with van der Waals surface area (Å²) in [7, 11) is 0. The minimum absolute atomic E-state index is 0.0549. The highest BCUT2D eigenvalue weighted by atomic mass is 32.1. The third-order valence-electron chi connectivity index (χ3n) is 3.82. The van der Waals surface area contributed by atoms with Crippen molar-refractivity contribution in [3.63, 3.8) is 0 Å². The Morgan fingerprint density at radius 1 is 1.04 bits per heavy atom. The normalized spacial score (nSPS) is 11.0. The zero-order chi connectivity index (χ0) is 19.9. The number of aromatic nitrogens is 1. The number of nitrogens with zero attached hydrogens (tertiary/aromatic N) is 1. The van der Waals surface area contributed by atoms with E-state index in [1.165, 1.54) is 17.4 Å². The second-order valence-corrected chi connectivity index (χ2v) is 7.35. The van der Waals surface area contributed by atoms with Crippen LogP contribution in [0.3, 0.4) is 0 Å². The number of hydrogen-bond acceptors (Lipinski definition) is 4. The van der Waals surface area contributed by atoms with E-state index in [4.69, 9.17) is 0 Å². The molecule has 1 heterocycles. The third kappa shape index (κ3) is 5.37. The number of ketones is 1. The Hall–Kier alpha value is -3.25. The van der Waals surface area contributed by atoms with Gasteiger partial charge in [0, 0.05) is 28.2 Å². The second-order valence-electron chi connectivity index (χ2n) is 6.47. The molecule has 0 saturated heterocycles. The molecule has 0 spiro atoms. The molecule has 0 atom stereocenters. The molecule has 0 unspecified atom stereocenters. The molecule has 0 aliphatic rings. The van der Waals surface area contributed by atoms with Crippen LogP contribution in [0.4, 0.5) is 10.5 Å². The molecule has 2 amide bonds. The summed E-state index contributed by atoms with van der Waals surface area (Å²) in [6.45, 7) is 3.78. The summed E-state index contributed by atoms with van der Waals surface area (Å²) in [5.41, 5.74) is 3.12. The van der Waals surface area contributed by atoms with Crippen LogP contribution in [0.15, 0.2) is 66.1 Å². The maximum atomic E-state index is 12.4. The van der Waals surface area contributed by atoms with E-state index in [-0.39, 0.29) is 17.9 Å². The third-order valence-corrected chi connectivity index (χ3v) is 4.63. The van der Waals surface area contributed by atoms with E-state index in [0.717, 1.165) is 16.3 Å². The highest BCUT2D eigenvalue weighted by Crippen LogP contribution is 2.22. The number of rotatable bonds is 6. The molecule has 1 aromatic heterocycles. The van der Waals surface area contributed by atoms with Crippen LogP contribution in [0, 0.1) is 0 Å². The molecule has 3 rings (SSSR count). The highest BCUT2D eigenvalue weighted by molar-refractivity contribution is 7.10. The van der Waals surface area contributed by atoms with Crippen molar-refractivity contribution in [2.24, 2.45) is 0 Å². The molecule has 2 N–H and O–H groups in total. The topological polar surface area (TPSA) is 71.1 Å². The van der Waals surface area contributed by atoms with Gasteiger partial charge in [-0.1, -0.05) is 30.3 Å². The second kappa shape index (κ2) is 9.10. The lowest BCUT2D eigenvalue weighted by Gasteiger charge is -2.10. The van der Waals surface area contributed by atoms with Gasteiger partial charge in [-0.25, -0.2) is 9.78 Å². The van der Waals surface area contributed by atoms with Crippen LogP contribution >= 0.6 is 11.3 Å². The molecule has 0 saturated carbocycles. The van der Waals surface area contributed by atoms with E-state index >= 15 is 0 Å². The van der Waals surface area contributed by atoms with Gasteiger partial charge in [-0.2, -0.15) is 0 Å². The molecular weight excluding hydrogens is 370 g/mol. The number of urea groups is 1. The quantitative estimate of drug-likeness (QED) is 0.446. The molecule has 0 bridgehead atoms. The summed E-state index contributed by atoms with van der Waals surface area (Å²) in [6.07, 6.45) is 3.24. The number of carbonyl (C=O) groups excluding carboxylic acids is 2. The number of thiazole rings is 1. The molecule has 5 nitrogen and oxygen atoms in total. The van der Waals surface area contributed by atoms with E-state index < -0.39 is 0 Å². The smallest absolute Gasteiger partial charge is 0.319 e. The van der Waals surface area contributed by atoms with E-state index in [1.807, 2.05) is 49.6 Å². The molecule has 142 valence electrons. The molecule has 0 radical (unpaired) electrons. The Balaban J connectivity index is 1.61. The Bertz CT molecular complexity index is 977. The molecule has 0 fully saturated rings. The van der Waals surface area contributed by atoms with Gasteiger partial charge < -0.3 is 10.6 Å². The molecule has 28 heavy (non-hydrogen) atoms. The van der Waals surface area contributed by atoms with Crippen LogP contribution < -0.4 is 10.6 Å². The summed E-state index contributed by atoms with van der Waals surface area (Å²) >= 11 is 1.49. The largest absolute Gasteiger partial charge is 0.336 e. The first-order valence-electron chi connectivity index (χ1n) is 8.92. The Morgan fingerprint density at radius 2 is 1.75 bits per heavy atom. The van der Waals surface area contributed by atoms with Crippen LogP contribution in [-0.4, -0.2) is 22.8 Å². The average molecular weight is 391 g/mol. The summed E-state index contributed by atoms with van der Waals surface area (Å²) < 4.78 is 0. The maximum absolute atomic E-state index is 12.4. The number of benzene rings is 2. The van der Waals surface area contributed by atoms with Gasteiger partial charge in [-0.15, -0.1) is 11.3 Å². The van der Waals surface area contributed by atoms with E-state index in [0.29, 0.717) is 11.3 Å². The fourth-order valence-electron chi connectivity index (χ4n) is 2.50. The molecule has 2 aromatic carbocycles. The van der Waals surface area contributed by atoms with Crippen molar-refractivity contribution < 1.29 is 9.59 Å². The lowest BCUT2D eigenvalue weighted by Crippen LogP contribution is -2.34. The Kier molecular flexibility index (Phi) is 6.34. The van der Waals surface area contributed by atoms with Crippen LogP contribution in [0.1, 0.15) is 29.2 Å². The van der Waals surface area contributed by atoms with Gasteiger partial charge in [0.05, 0.1) is 5.69 Å². The predicted molar refractivity (Wildman–Crippen MR) is 115 cm³/mol. The first-order valence-corrected chi connectivity index (χ1v) is 9.80. The first kappa shape index (κ1) is 19.5. The van der Waals surface area contributed by atoms with Crippen molar-refractivity contribution in [3.05, 3.63) is 76.6 Å². The van der Waals surface area contributed by atoms with Gasteiger partial charge in [0.1, 0.15) is 5.01 Å². The number of anilines is 1. The number of allylic oxidation sites excluding steroid dienone is 1. The van der Waals surface area contributed by atoms with Crippen molar-refractivity contribution in [3.8, 4) is 11.3 Å². The molecule has 6 heteroatoms. The summed E-state index contributed by atoms with van der Waals surface area (Å²) in [5, 5.41) is 8.22. The van der Waals surface area contributed by atoms with Crippen molar-refractivity contribution in [1.29, 1.82) is 0 Å². The number of carbonyl (C=O) groups is 2. The van der Waals surface area contributed by atoms with Gasteiger partial charge in [-0.05, 0) is 50.3 Å². The zero-order valence-corrected chi connectivity index (χ0v) is 16.5. The lowest BCUT2D eigenvalue weighted by atomic mass is 10.1. The standard InChI is InChI=1S/C22H21N3O2S/c1-15(2)23-22(27)24-18-10-8-17(9-11-18)20(26)12-13-21-25-19(14-28-21)16-6-4-3-5-7-16/h3-15H,1-2H3,(H2,23,24,27)/b13-12+. The van der Waals surface area contributed by atoms with Crippen LogP contribution in [-0.2, 0) is 0 Å². The number of nitrogens with one attached hydrogen (secondary N) is 2. The SMILES string of the molecule is CC(C)NC(=O)Nc1ccc(C(=O)/C=C/c2nc(-c3ccccc3)cs2)cc1. The van der Waals surface area contributed by atoms with Gasteiger partial charge in [0.2, 0.25) is 0 Å². The maximum Gasteiger partial charge on any atom is 0.319 e. The molecule has 0 aliphatic carbocycles. The number of hydrogen-bond donors (Lipinski definition) is 2. The monoisotopic (exact) mass is 391 g/mol. The summed E-state index contributed by atoms with van der Waals surface area (Å²) in [4.78, 5) is 28.6. The molecule has 0 aliphatic heterocycles. The van der Waals surface area contributed by atoms with Gasteiger partial charge in [0.25, 0.3) is 0 Å². The fourth-order valence-corrected chi connectivity index (χ4v) is 3.21. The first-order chi connectivity index (χ1) is 13.5. The van der Waals surface area contributed by atoms with Gasteiger partial charge >= 0.3 is 6.03 Å². The van der Waals surface area contributed by atoms with Crippen LogP contribution in [0.5, 0.6) is 0 Å². The summed E-state index contributed by atoms with van der Waals surface area (Å²) in [5.74, 6) is -0.116. The summed E-state index contributed by atoms with van der Waals surface area (Å²) in [6, 6.07) is 16.5. The molecule has 3 aromatic rings. The van der Waals surface area contributed by atoms with Crippen LogP contribution in [0.25, 0.3) is 17.3 Å². The Morgan fingerprint density at radius 3 is 2.43 bits per heavy atom. The van der Waals surface area contributed by atoms with E-state index in [9.17, 15) is 9.59 Å². The highest BCUT2D eigenvalue weighted by Gasteiger charge is 2.06. The molecular formula is C22H21N3O2S. The fraction of sp³-hybridized carbons (Fsp3) is 0.136. The van der Waals surface area contributed by atoms with Gasteiger partial charge in [-0.3, -0.25) is 4.79 Å². The minimum Gasteiger partial charge on any atom is -0.336 e. The zero-order valence-electron chi connectivity index (χ0n) is 15.7. The van der Waals surface area contributed by atoms with Crippen molar-refractivity contribution in [1.82, 2.24) is 10.3 Å². The van der Waals surface area contributed by atoms with E-state index in [2.05, 4.69) is 15.6 Å². The van der Waals surface area contributed by atoms with Crippen molar-refractivity contribution in [2.75, 3.05) is 5.32 Å². The van der Waals surface area contributed by atoms with Gasteiger partial charge in [0.15, 0.2) is 5.78 Å². The number of amides is 2. The lowest BCUT2D eigenvalue weighted by molar-refractivity contribution is 0.104. The average Bonchev–Trinajstić information content (AvgIpc) is 3.16. The Labute approximate surface area is 168 Å². The minimum atomic E-state index is -0.271.